The molecular weight excluding hydrogens is 274 g/mol. The first-order valence-electron chi connectivity index (χ1n) is 7.82. The minimum Gasteiger partial charge on any atom is -0.328 e. The van der Waals surface area contributed by atoms with Crippen LogP contribution in [-0.2, 0) is 9.84 Å². The Morgan fingerprint density at radius 2 is 1.80 bits per heavy atom. The SMILES string of the molecule is CC(C)S(=O)(=O)CCN1CCC(N2CCC(N)CC2)C1. The van der Waals surface area contributed by atoms with Gasteiger partial charge >= 0.3 is 0 Å². The normalized spacial score (nSPS) is 27.5. The molecule has 0 aromatic heterocycles. The maximum atomic E-state index is 11.9. The van der Waals surface area contributed by atoms with Gasteiger partial charge in [0.25, 0.3) is 0 Å². The van der Waals surface area contributed by atoms with Crippen LogP contribution in [0, 0.1) is 0 Å². The van der Waals surface area contributed by atoms with E-state index in [-0.39, 0.29) is 5.25 Å². The van der Waals surface area contributed by atoms with Gasteiger partial charge < -0.3 is 10.6 Å². The summed E-state index contributed by atoms with van der Waals surface area (Å²) in [5.41, 5.74) is 5.94. The number of piperidine rings is 1. The standard InChI is InChI=1S/C14H29N3O2S/c1-12(2)20(18,19)10-9-16-6-5-14(11-16)17-7-3-13(15)4-8-17/h12-14H,3-11,15H2,1-2H3. The van der Waals surface area contributed by atoms with Gasteiger partial charge in [0.2, 0.25) is 0 Å². The Morgan fingerprint density at radius 1 is 1.15 bits per heavy atom. The lowest BCUT2D eigenvalue weighted by Gasteiger charge is -2.34. The molecule has 0 bridgehead atoms. The molecule has 0 amide bonds. The highest BCUT2D eigenvalue weighted by atomic mass is 32.2. The van der Waals surface area contributed by atoms with E-state index in [1.165, 1.54) is 0 Å². The predicted molar refractivity (Wildman–Crippen MR) is 82.6 cm³/mol. The molecular formula is C14H29N3O2S. The number of nitrogens with zero attached hydrogens (tertiary/aromatic N) is 2. The van der Waals surface area contributed by atoms with E-state index in [2.05, 4.69) is 9.80 Å². The van der Waals surface area contributed by atoms with Crippen molar-refractivity contribution in [2.24, 2.45) is 5.73 Å². The lowest BCUT2D eigenvalue weighted by atomic mass is 10.0. The average Bonchev–Trinajstić information content (AvgIpc) is 2.86. The summed E-state index contributed by atoms with van der Waals surface area (Å²) in [4.78, 5) is 4.85. The summed E-state index contributed by atoms with van der Waals surface area (Å²) in [6.45, 7) is 8.46. The second kappa shape index (κ2) is 6.73. The lowest BCUT2D eigenvalue weighted by molar-refractivity contribution is 0.153. The Morgan fingerprint density at radius 3 is 2.40 bits per heavy atom. The Hall–Kier alpha value is -0.170. The van der Waals surface area contributed by atoms with E-state index in [1.54, 1.807) is 13.8 Å². The third-order valence-corrected chi connectivity index (χ3v) is 6.94. The number of rotatable bonds is 5. The minimum atomic E-state index is -2.91. The summed E-state index contributed by atoms with van der Waals surface area (Å²) in [6.07, 6.45) is 3.35. The van der Waals surface area contributed by atoms with Crippen LogP contribution in [0.1, 0.15) is 33.1 Å². The summed E-state index contributed by atoms with van der Waals surface area (Å²) in [6, 6.07) is 0.976. The number of likely N-dealkylation sites (tertiary alicyclic amines) is 2. The molecule has 2 fully saturated rings. The van der Waals surface area contributed by atoms with Crippen molar-refractivity contribution in [2.75, 3.05) is 38.5 Å². The van der Waals surface area contributed by atoms with Gasteiger partial charge in [0.15, 0.2) is 9.84 Å². The van der Waals surface area contributed by atoms with Gasteiger partial charge in [-0.25, -0.2) is 8.42 Å². The quantitative estimate of drug-likeness (QED) is 0.791. The maximum Gasteiger partial charge on any atom is 0.153 e. The van der Waals surface area contributed by atoms with Crippen LogP contribution in [0.5, 0.6) is 0 Å². The Balaban J connectivity index is 1.75. The van der Waals surface area contributed by atoms with Gasteiger partial charge in [0.05, 0.1) is 11.0 Å². The molecule has 1 atom stereocenters. The van der Waals surface area contributed by atoms with Crippen LogP contribution < -0.4 is 5.73 Å². The van der Waals surface area contributed by atoms with E-state index in [0.717, 1.165) is 45.4 Å². The molecule has 118 valence electrons. The summed E-state index contributed by atoms with van der Waals surface area (Å²) in [7, 11) is -2.91. The highest BCUT2D eigenvalue weighted by molar-refractivity contribution is 7.92. The topological polar surface area (TPSA) is 66.6 Å². The number of sulfone groups is 1. The molecule has 2 rings (SSSR count). The van der Waals surface area contributed by atoms with Gasteiger partial charge in [-0.3, -0.25) is 4.90 Å². The van der Waals surface area contributed by atoms with Crippen molar-refractivity contribution >= 4 is 9.84 Å². The zero-order valence-electron chi connectivity index (χ0n) is 12.8. The van der Waals surface area contributed by atoms with Gasteiger partial charge in [-0.1, -0.05) is 0 Å². The first-order valence-corrected chi connectivity index (χ1v) is 9.53. The highest BCUT2D eigenvalue weighted by Gasteiger charge is 2.30. The van der Waals surface area contributed by atoms with Crippen molar-refractivity contribution < 1.29 is 8.42 Å². The Kier molecular flexibility index (Phi) is 5.45. The van der Waals surface area contributed by atoms with E-state index in [9.17, 15) is 8.42 Å². The summed E-state index contributed by atoms with van der Waals surface area (Å²) in [5.74, 6) is 0.294. The fourth-order valence-electron chi connectivity index (χ4n) is 3.09. The van der Waals surface area contributed by atoms with Crippen LogP contribution in [0.15, 0.2) is 0 Å². The Bertz CT molecular complexity index is 403. The number of hydrogen-bond acceptors (Lipinski definition) is 5. The van der Waals surface area contributed by atoms with Crippen molar-refractivity contribution in [3.63, 3.8) is 0 Å². The monoisotopic (exact) mass is 303 g/mol. The van der Waals surface area contributed by atoms with Crippen molar-refractivity contribution in [1.29, 1.82) is 0 Å². The van der Waals surface area contributed by atoms with Gasteiger partial charge in [-0.15, -0.1) is 0 Å². The molecule has 0 saturated carbocycles. The first kappa shape index (κ1) is 16.2. The van der Waals surface area contributed by atoms with E-state index in [1.807, 2.05) is 0 Å². The fraction of sp³-hybridized carbons (Fsp3) is 1.00. The second-order valence-corrected chi connectivity index (χ2v) is 9.21. The second-order valence-electron chi connectivity index (χ2n) is 6.53. The van der Waals surface area contributed by atoms with Crippen molar-refractivity contribution in [3.05, 3.63) is 0 Å². The van der Waals surface area contributed by atoms with Crippen LogP contribution in [-0.4, -0.2) is 74.0 Å². The van der Waals surface area contributed by atoms with Gasteiger partial charge in [0, 0.05) is 25.2 Å². The smallest absolute Gasteiger partial charge is 0.153 e. The predicted octanol–water partition coefficient (Wildman–Crippen LogP) is 0.307. The molecule has 0 spiro atoms. The molecule has 0 aromatic carbocycles. The third-order valence-electron chi connectivity index (χ3n) is 4.75. The van der Waals surface area contributed by atoms with Gasteiger partial charge in [-0.2, -0.15) is 0 Å². The molecule has 5 nitrogen and oxygen atoms in total. The molecule has 2 N–H and O–H groups in total. The fourth-order valence-corrected chi connectivity index (χ4v) is 4.07. The zero-order chi connectivity index (χ0) is 14.8. The maximum absolute atomic E-state index is 11.9. The number of nitrogens with two attached hydrogens (primary N) is 1. The molecule has 0 radical (unpaired) electrons. The number of hydrogen-bond donors (Lipinski definition) is 1. The molecule has 2 aliphatic rings. The first-order chi connectivity index (χ1) is 9.38. The average molecular weight is 303 g/mol. The van der Waals surface area contributed by atoms with Gasteiger partial charge in [0.1, 0.15) is 0 Å². The summed E-state index contributed by atoms with van der Waals surface area (Å²) < 4.78 is 23.7. The van der Waals surface area contributed by atoms with Crippen molar-refractivity contribution in [1.82, 2.24) is 9.80 Å². The molecule has 0 aromatic rings. The van der Waals surface area contributed by atoms with Gasteiger partial charge in [-0.05, 0) is 52.7 Å². The van der Waals surface area contributed by atoms with Crippen LogP contribution in [0.25, 0.3) is 0 Å². The van der Waals surface area contributed by atoms with Crippen LogP contribution in [0.3, 0.4) is 0 Å². The molecule has 2 saturated heterocycles. The largest absolute Gasteiger partial charge is 0.328 e. The lowest BCUT2D eigenvalue weighted by Crippen LogP contribution is -2.46. The molecule has 6 heteroatoms. The van der Waals surface area contributed by atoms with E-state index >= 15 is 0 Å². The molecule has 20 heavy (non-hydrogen) atoms. The molecule has 2 heterocycles. The Labute approximate surface area is 123 Å². The third kappa shape index (κ3) is 4.16. The summed E-state index contributed by atoms with van der Waals surface area (Å²) in [5, 5.41) is -0.260. The van der Waals surface area contributed by atoms with Crippen LogP contribution in [0.2, 0.25) is 0 Å². The van der Waals surface area contributed by atoms with Crippen molar-refractivity contribution in [3.8, 4) is 0 Å². The van der Waals surface area contributed by atoms with Crippen molar-refractivity contribution in [2.45, 2.75) is 50.4 Å². The summed E-state index contributed by atoms with van der Waals surface area (Å²) >= 11 is 0. The van der Waals surface area contributed by atoms with E-state index in [0.29, 0.717) is 24.4 Å². The molecule has 2 aliphatic heterocycles. The van der Waals surface area contributed by atoms with E-state index in [4.69, 9.17) is 5.73 Å². The van der Waals surface area contributed by atoms with Crippen LogP contribution in [0.4, 0.5) is 0 Å². The highest BCUT2D eigenvalue weighted by Crippen LogP contribution is 2.20. The van der Waals surface area contributed by atoms with E-state index < -0.39 is 9.84 Å². The molecule has 0 aliphatic carbocycles. The molecule has 1 unspecified atom stereocenters. The zero-order valence-corrected chi connectivity index (χ0v) is 13.6. The minimum absolute atomic E-state index is 0.260. The van der Waals surface area contributed by atoms with Crippen LogP contribution >= 0.6 is 0 Å².